The fourth-order valence-electron chi connectivity index (χ4n) is 3.82. The Morgan fingerprint density at radius 2 is 1.82 bits per heavy atom. The average molecular weight is 463 g/mol. The number of aliphatic hydroxyl groups is 1. The van der Waals surface area contributed by atoms with E-state index in [0.29, 0.717) is 23.7 Å². The fraction of sp³-hybridized carbons (Fsp3) is 0.346. The number of anilines is 1. The molecule has 0 aliphatic carbocycles. The summed E-state index contributed by atoms with van der Waals surface area (Å²) in [4.78, 5) is 1.73. The number of amidine groups is 1. The van der Waals surface area contributed by atoms with E-state index in [-0.39, 0.29) is 18.4 Å². The Labute approximate surface area is 201 Å². The quantitative estimate of drug-likeness (QED) is 0.429. The van der Waals surface area contributed by atoms with Crippen molar-refractivity contribution in [2.45, 2.75) is 26.4 Å². The maximum Gasteiger partial charge on any atom is 0.177 e. The van der Waals surface area contributed by atoms with Gasteiger partial charge in [0.15, 0.2) is 5.84 Å². The maximum atomic E-state index is 9.27. The van der Waals surface area contributed by atoms with E-state index in [1.807, 2.05) is 63.4 Å². The summed E-state index contributed by atoms with van der Waals surface area (Å²) in [6.07, 6.45) is 0.717. The van der Waals surface area contributed by atoms with Gasteiger partial charge in [0.05, 0.1) is 18.0 Å². The summed E-state index contributed by atoms with van der Waals surface area (Å²) in [7, 11) is 3.73. The molecule has 0 spiro atoms. The second-order valence-electron chi connectivity index (χ2n) is 8.16. The summed E-state index contributed by atoms with van der Waals surface area (Å²) >= 11 is 0. The first-order valence-corrected chi connectivity index (χ1v) is 11.4. The monoisotopic (exact) mass is 462 g/mol. The molecule has 2 aromatic carbocycles. The molecular weight excluding hydrogens is 428 g/mol. The van der Waals surface area contributed by atoms with Gasteiger partial charge >= 0.3 is 0 Å². The van der Waals surface area contributed by atoms with Crippen LogP contribution in [0.2, 0.25) is 0 Å². The molecule has 0 saturated heterocycles. The van der Waals surface area contributed by atoms with Crippen molar-refractivity contribution in [1.82, 2.24) is 10.2 Å². The lowest BCUT2D eigenvalue weighted by molar-refractivity contribution is 0.196. The van der Waals surface area contributed by atoms with Crippen LogP contribution in [0.5, 0.6) is 5.75 Å². The third-order valence-electron chi connectivity index (χ3n) is 5.61. The Morgan fingerprint density at radius 1 is 1.12 bits per heavy atom. The summed E-state index contributed by atoms with van der Waals surface area (Å²) in [5, 5.41) is 33.1. The van der Waals surface area contributed by atoms with Crippen LogP contribution in [-0.2, 0) is 0 Å². The zero-order valence-electron chi connectivity index (χ0n) is 20.3. The van der Waals surface area contributed by atoms with Gasteiger partial charge in [0.2, 0.25) is 0 Å². The normalized spacial score (nSPS) is 15.9. The van der Waals surface area contributed by atoms with Crippen LogP contribution in [0.3, 0.4) is 0 Å². The first-order chi connectivity index (χ1) is 16.5. The van der Waals surface area contributed by atoms with Gasteiger partial charge in [-0.05, 0) is 45.1 Å². The second-order valence-corrected chi connectivity index (χ2v) is 8.16. The van der Waals surface area contributed by atoms with Crippen molar-refractivity contribution < 1.29 is 9.84 Å². The number of benzene rings is 2. The molecule has 180 valence electrons. The van der Waals surface area contributed by atoms with Gasteiger partial charge in [-0.2, -0.15) is 5.10 Å². The first kappa shape index (κ1) is 25.1. The largest absolute Gasteiger partial charge is 0.484 e. The SMILES string of the molecule is CNCCC(Oc1ccccc1N/C(C)=C1\C(=N)C(N(C)CCO)=NN=C1C)c1ccccc1. The number of ether oxygens (including phenoxy) is 1. The van der Waals surface area contributed by atoms with Crippen molar-refractivity contribution in [2.75, 3.05) is 39.1 Å². The Hall–Kier alpha value is -3.49. The standard InChI is InChI=1S/C26H34N6O2/c1-18(24-19(2)30-31-26(25(24)27)32(4)16-17-33)29-21-12-8-9-13-23(21)34-22(14-15-28-3)20-10-6-5-7-11-20/h5-13,22,27-29,33H,14-17H2,1-4H3/b24-18-,27-25?. The maximum absolute atomic E-state index is 9.27. The number of para-hydroxylation sites is 2. The summed E-state index contributed by atoms with van der Waals surface area (Å²) < 4.78 is 6.50. The third-order valence-corrected chi connectivity index (χ3v) is 5.61. The molecule has 4 N–H and O–H groups in total. The molecule has 1 aliphatic rings. The Bertz CT molecular complexity index is 1080. The molecule has 8 heteroatoms. The molecule has 3 rings (SSSR count). The molecule has 1 aliphatic heterocycles. The Kier molecular flexibility index (Phi) is 8.95. The molecule has 2 aromatic rings. The topological polar surface area (TPSA) is 105 Å². The van der Waals surface area contributed by atoms with Crippen LogP contribution in [0.25, 0.3) is 0 Å². The molecule has 0 fully saturated rings. The van der Waals surface area contributed by atoms with Crippen LogP contribution in [-0.4, -0.2) is 61.1 Å². The van der Waals surface area contributed by atoms with E-state index in [1.165, 1.54) is 0 Å². The molecule has 0 radical (unpaired) electrons. The first-order valence-electron chi connectivity index (χ1n) is 11.4. The second kappa shape index (κ2) is 12.1. The third kappa shape index (κ3) is 6.09. The summed E-state index contributed by atoms with van der Waals surface area (Å²) in [5.41, 5.74) is 4.31. The van der Waals surface area contributed by atoms with Gasteiger partial charge < -0.3 is 25.4 Å². The number of nitrogens with zero attached hydrogens (tertiary/aromatic N) is 3. The lowest BCUT2D eigenvalue weighted by Crippen LogP contribution is -2.39. The molecule has 1 atom stereocenters. The van der Waals surface area contributed by atoms with Gasteiger partial charge in [-0.3, -0.25) is 5.41 Å². The number of likely N-dealkylation sites (N-methyl/N-ethyl adjacent to an activating group) is 1. The lowest BCUT2D eigenvalue weighted by atomic mass is 10.0. The van der Waals surface area contributed by atoms with Gasteiger partial charge in [0.1, 0.15) is 17.6 Å². The van der Waals surface area contributed by atoms with E-state index in [0.717, 1.165) is 35.7 Å². The molecule has 0 aromatic heterocycles. The zero-order chi connectivity index (χ0) is 24.5. The van der Waals surface area contributed by atoms with Gasteiger partial charge in [0, 0.05) is 31.3 Å². The van der Waals surface area contributed by atoms with E-state index in [1.54, 1.807) is 11.9 Å². The Balaban J connectivity index is 1.88. The van der Waals surface area contributed by atoms with Gasteiger partial charge in [-0.15, -0.1) is 5.10 Å². The Morgan fingerprint density at radius 3 is 2.53 bits per heavy atom. The number of aliphatic hydroxyl groups excluding tert-OH is 1. The summed E-state index contributed by atoms with van der Waals surface area (Å²) in [6, 6.07) is 18.0. The van der Waals surface area contributed by atoms with Gasteiger partial charge in [-0.25, -0.2) is 0 Å². The predicted octanol–water partition coefficient (Wildman–Crippen LogP) is 3.83. The van der Waals surface area contributed by atoms with Gasteiger partial charge in [-0.1, -0.05) is 42.5 Å². The van der Waals surface area contributed by atoms with Crippen LogP contribution >= 0.6 is 0 Å². The van der Waals surface area contributed by atoms with E-state index < -0.39 is 0 Å². The minimum absolute atomic E-state index is 0.0252. The van der Waals surface area contributed by atoms with Gasteiger partial charge in [0.25, 0.3) is 0 Å². The molecule has 0 amide bonds. The van der Waals surface area contributed by atoms with Crippen LogP contribution in [0.4, 0.5) is 5.69 Å². The fourth-order valence-corrected chi connectivity index (χ4v) is 3.82. The van der Waals surface area contributed by atoms with E-state index in [2.05, 4.69) is 33.0 Å². The number of allylic oxidation sites excluding steroid dienone is 1. The highest BCUT2D eigenvalue weighted by Gasteiger charge is 2.25. The van der Waals surface area contributed by atoms with Crippen molar-refractivity contribution in [3.05, 3.63) is 71.4 Å². The summed E-state index contributed by atoms with van der Waals surface area (Å²) in [5.74, 6) is 1.16. The molecule has 34 heavy (non-hydrogen) atoms. The number of hydrogen-bond donors (Lipinski definition) is 4. The average Bonchev–Trinajstić information content (AvgIpc) is 2.83. The molecule has 1 heterocycles. The number of rotatable bonds is 10. The van der Waals surface area contributed by atoms with Crippen LogP contribution in [0.1, 0.15) is 31.9 Å². The smallest absolute Gasteiger partial charge is 0.177 e. The molecule has 0 saturated carbocycles. The minimum atomic E-state index is -0.105. The molecule has 1 unspecified atom stereocenters. The van der Waals surface area contributed by atoms with Crippen molar-refractivity contribution in [1.29, 1.82) is 5.41 Å². The van der Waals surface area contributed by atoms with Crippen LogP contribution < -0.4 is 15.4 Å². The van der Waals surface area contributed by atoms with Crippen molar-refractivity contribution >= 4 is 22.9 Å². The van der Waals surface area contributed by atoms with Crippen molar-refractivity contribution in [3.8, 4) is 5.75 Å². The van der Waals surface area contributed by atoms with E-state index in [4.69, 9.17) is 10.1 Å². The molecule has 0 bridgehead atoms. The van der Waals surface area contributed by atoms with Crippen LogP contribution in [0, 0.1) is 5.41 Å². The highest BCUT2D eigenvalue weighted by atomic mass is 16.5. The number of nitrogens with one attached hydrogen (secondary N) is 3. The van der Waals surface area contributed by atoms with E-state index >= 15 is 0 Å². The predicted molar refractivity (Wildman–Crippen MR) is 139 cm³/mol. The van der Waals surface area contributed by atoms with E-state index in [9.17, 15) is 5.11 Å². The minimum Gasteiger partial charge on any atom is -0.484 e. The lowest BCUT2D eigenvalue weighted by Gasteiger charge is -2.25. The summed E-state index contributed by atoms with van der Waals surface area (Å²) in [6.45, 7) is 4.94. The molecule has 8 nitrogen and oxygen atoms in total. The molecular formula is C26H34N6O2. The van der Waals surface area contributed by atoms with Crippen LogP contribution in [0.15, 0.2) is 76.1 Å². The number of hydrogen-bond acceptors (Lipinski definition) is 8. The zero-order valence-corrected chi connectivity index (χ0v) is 20.3. The highest BCUT2D eigenvalue weighted by molar-refractivity contribution is 6.53. The van der Waals surface area contributed by atoms with Crippen molar-refractivity contribution in [2.24, 2.45) is 10.2 Å². The highest BCUT2D eigenvalue weighted by Crippen LogP contribution is 2.32. The van der Waals surface area contributed by atoms with Crippen molar-refractivity contribution in [3.63, 3.8) is 0 Å².